The number of amides is 1. The number of likely N-dealkylation sites (tertiary alicyclic amines) is 2. The minimum atomic E-state index is -0.506. The molecule has 3 fully saturated rings. The van der Waals surface area contributed by atoms with Crippen LogP contribution in [0.5, 0.6) is 5.75 Å². The van der Waals surface area contributed by atoms with E-state index >= 15 is 0 Å². The van der Waals surface area contributed by atoms with Gasteiger partial charge in [0, 0.05) is 37.8 Å². The molecule has 1 aromatic carbocycles. The standard InChI is InChI=1S/C25H40N4O4/c1-27-11-8-21(9-12-27)29-10-2-3-24(30)23(19-29)26-25(31)20-4-6-22(7-5-20)33-18-15-28-13-16-32-17-14-28/h4-7,21,23-24,30H,2-3,8-19H2,1H3,(H,26,31)/t23-,24-/m1/s1. The molecule has 0 radical (unpaired) electrons. The van der Waals surface area contributed by atoms with Crippen LogP contribution in [0.2, 0.25) is 0 Å². The molecule has 3 aliphatic rings. The van der Waals surface area contributed by atoms with Gasteiger partial charge in [0.1, 0.15) is 12.4 Å². The van der Waals surface area contributed by atoms with Crippen molar-refractivity contribution in [3.63, 3.8) is 0 Å². The van der Waals surface area contributed by atoms with Crippen molar-refractivity contribution in [3.8, 4) is 5.75 Å². The maximum atomic E-state index is 12.9. The summed E-state index contributed by atoms with van der Waals surface area (Å²) >= 11 is 0. The Labute approximate surface area is 197 Å². The molecule has 0 spiro atoms. The molecule has 3 saturated heterocycles. The van der Waals surface area contributed by atoms with Crippen LogP contribution < -0.4 is 10.1 Å². The quantitative estimate of drug-likeness (QED) is 0.630. The Kier molecular flexibility index (Phi) is 8.97. The van der Waals surface area contributed by atoms with E-state index in [1.165, 1.54) is 0 Å². The number of carbonyl (C=O) groups is 1. The molecule has 2 N–H and O–H groups in total. The number of aliphatic hydroxyl groups excluding tert-OH is 1. The number of hydrogen-bond acceptors (Lipinski definition) is 7. The largest absolute Gasteiger partial charge is 0.492 e. The van der Waals surface area contributed by atoms with E-state index in [1.807, 2.05) is 12.1 Å². The monoisotopic (exact) mass is 460 g/mol. The molecule has 184 valence electrons. The molecule has 8 heteroatoms. The van der Waals surface area contributed by atoms with Gasteiger partial charge < -0.3 is 24.8 Å². The summed E-state index contributed by atoms with van der Waals surface area (Å²) in [5.74, 6) is 0.631. The Hall–Kier alpha value is -1.71. The summed E-state index contributed by atoms with van der Waals surface area (Å²) in [7, 11) is 2.17. The molecule has 1 amide bonds. The predicted molar refractivity (Wildman–Crippen MR) is 128 cm³/mol. The molecule has 4 rings (SSSR count). The van der Waals surface area contributed by atoms with E-state index in [0.29, 0.717) is 24.8 Å². The molecule has 8 nitrogen and oxygen atoms in total. The summed E-state index contributed by atoms with van der Waals surface area (Å²) in [5, 5.41) is 13.8. The summed E-state index contributed by atoms with van der Waals surface area (Å²) < 4.78 is 11.2. The lowest BCUT2D eigenvalue weighted by Crippen LogP contribution is -2.52. The number of hydrogen-bond donors (Lipinski definition) is 2. The SMILES string of the molecule is CN1CCC(N2CCC[C@@H](O)[C@H](NC(=O)c3ccc(OCCN4CCOCC4)cc3)C2)CC1. The third-order valence-electron chi connectivity index (χ3n) is 7.26. The fourth-order valence-electron chi connectivity index (χ4n) is 5.08. The molecule has 0 bridgehead atoms. The fourth-order valence-corrected chi connectivity index (χ4v) is 5.08. The number of morpholine rings is 1. The molecule has 0 aromatic heterocycles. The number of nitrogens with zero attached hydrogens (tertiary/aromatic N) is 3. The highest BCUT2D eigenvalue weighted by Crippen LogP contribution is 2.21. The molecule has 33 heavy (non-hydrogen) atoms. The van der Waals surface area contributed by atoms with Crippen molar-refractivity contribution in [1.29, 1.82) is 0 Å². The maximum absolute atomic E-state index is 12.9. The zero-order valence-electron chi connectivity index (χ0n) is 20.0. The first-order valence-corrected chi connectivity index (χ1v) is 12.5. The Morgan fingerprint density at radius 1 is 1.09 bits per heavy atom. The second-order valence-electron chi connectivity index (χ2n) is 9.65. The zero-order chi connectivity index (χ0) is 23.0. The van der Waals surface area contributed by atoms with Crippen molar-refractivity contribution in [2.45, 2.75) is 43.9 Å². The number of benzene rings is 1. The topological polar surface area (TPSA) is 77.5 Å². The zero-order valence-corrected chi connectivity index (χ0v) is 20.0. The van der Waals surface area contributed by atoms with Crippen LogP contribution in [0.1, 0.15) is 36.0 Å². The van der Waals surface area contributed by atoms with Crippen molar-refractivity contribution in [1.82, 2.24) is 20.0 Å². The van der Waals surface area contributed by atoms with Crippen LogP contribution in [-0.2, 0) is 4.74 Å². The lowest BCUT2D eigenvalue weighted by molar-refractivity contribution is 0.0322. The van der Waals surface area contributed by atoms with Gasteiger partial charge in [-0.2, -0.15) is 0 Å². The number of piperidine rings is 1. The second-order valence-corrected chi connectivity index (χ2v) is 9.65. The Morgan fingerprint density at radius 3 is 2.55 bits per heavy atom. The van der Waals surface area contributed by atoms with Gasteiger partial charge in [0.2, 0.25) is 0 Å². The van der Waals surface area contributed by atoms with Gasteiger partial charge in [-0.15, -0.1) is 0 Å². The van der Waals surface area contributed by atoms with E-state index in [-0.39, 0.29) is 11.9 Å². The van der Waals surface area contributed by atoms with E-state index in [4.69, 9.17) is 9.47 Å². The van der Waals surface area contributed by atoms with Gasteiger partial charge in [-0.25, -0.2) is 0 Å². The average molecular weight is 461 g/mol. The van der Waals surface area contributed by atoms with Gasteiger partial charge in [-0.3, -0.25) is 14.6 Å². The second kappa shape index (κ2) is 12.1. The van der Waals surface area contributed by atoms with Crippen LogP contribution in [0, 0.1) is 0 Å². The summed E-state index contributed by atoms with van der Waals surface area (Å²) in [6, 6.07) is 7.60. The molecule has 2 atom stereocenters. The fraction of sp³-hybridized carbons (Fsp3) is 0.720. The Balaban J connectivity index is 1.26. The average Bonchev–Trinajstić information content (AvgIpc) is 3.02. The van der Waals surface area contributed by atoms with Gasteiger partial charge >= 0.3 is 0 Å². The van der Waals surface area contributed by atoms with Crippen molar-refractivity contribution in [2.24, 2.45) is 0 Å². The smallest absolute Gasteiger partial charge is 0.251 e. The van der Waals surface area contributed by atoms with Gasteiger partial charge in [-0.1, -0.05) is 0 Å². The lowest BCUT2D eigenvalue weighted by atomic mass is 10.0. The van der Waals surface area contributed by atoms with E-state index in [1.54, 1.807) is 12.1 Å². The van der Waals surface area contributed by atoms with Crippen LogP contribution in [0.25, 0.3) is 0 Å². The summed E-state index contributed by atoms with van der Waals surface area (Å²) in [6.07, 6.45) is 3.49. The number of nitrogens with one attached hydrogen (secondary N) is 1. The van der Waals surface area contributed by atoms with Gasteiger partial charge in [-0.05, 0) is 76.6 Å². The minimum Gasteiger partial charge on any atom is -0.492 e. The van der Waals surface area contributed by atoms with Crippen LogP contribution >= 0.6 is 0 Å². The van der Waals surface area contributed by atoms with Crippen LogP contribution in [0.15, 0.2) is 24.3 Å². The van der Waals surface area contributed by atoms with Gasteiger partial charge in [0.05, 0.1) is 25.4 Å². The van der Waals surface area contributed by atoms with Gasteiger partial charge in [0.25, 0.3) is 5.91 Å². The first-order valence-electron chi connectivity index (χ1n) is 12.5. The first kappa shape index (κ1) is 24.4. The third-order valence-corrected chi connectivity index (χ3v) is 7.26. The van der Waals surface area contributed by atoms with Crippen LogP contribution in [0.4, 0.5) is 0 Å². The maximum Gasteiger partial charge on any atom is 0.251 e. The van der Waals surface area contributed by atoms with Crippen molar-refractivity contribution < 1.29 is 19.4 Å². The van der Waals surface area contributed by atoms with Crippen LogP contribution in [-0.4, -0.2) is 117 Å². The van der Waals surface area contributed by atoms with E-state index < -0.39 is 6.10 Å². The summed E-state index contributed by atoms with van der Waals surface area (Å²) in [6.45, 7) is 8.90. The number of rotatable bonds is 7. The van der Waals surface area contributed by atoms with E-state index in [0.717, 1.165) is 83.9 Å². The number of ether oxygens (including phenoxy) is 2. The molecular formula is C25H40N4O4. The third kappa shape index (κ3) is 7.13. The molecular weight excluding hydrogens is 420 g/mol. The Morgan fingerprint density at radius 2 is 1.82 bits per heavy atom. The lowest BCUT2D eigenvalue weighted by Gasteiger charge is -2.38. The summed E-state index contributed by atoms with van der Waals surface area (Å²) in [4.78, 5) is 20.1. The normalized spacial score (nSPS) is 26.6. The highest BCUT2D eigenvalue weighted by Gasteiger charge is 2.31. The predicted octanol–water partition coefficient (Wildman–Crippen LogP) is 1.05. The molecule has 1 aromatic rings. The van der Waals surface area contributed by atoms with E-state index in [2.05, 4.69) is 27.1 Å². The van der Waals surface area contributed by atoms with Crippen molar-refractivity contribution in [2.75, 3.05) is 72.7 Å². The molecule has 0 saturated carbocycles. The van der Waals surface area contributed by atoms with Crippen molar-refractivity contribution >= 4 is 5.91 Å². The molecule has 3 aliphatic heterocycles. The van der Waals surface area contributed by atoms with Crippen molar-refractivity contribution in [3.05, 3.63) is 29.8 Å². The molecule has 0 unspecified atom stereocenters. The molecule has 3 heterocycles. The first-order chi connectivity index (χ1) is 16.1. The highest BCUT2D eigenvalue weighted by molar-refractivity contribution is 5.94. The van der Waals surface area contributed by atoms with E-state index in [9.17, 15) is 9.90 Å². The Bertz CT molecular complexity index is 732. The number of aliphatic hydroxyl groups is 1. The molecule has 0 aliphatic carbocycles. The van der Waals surface area contributed by atoms with Crippen LogP contribution in [0.3, 0.4) is 0 Å². The van der Waals surface area contributed by atoms with Gasteiger partial charge in [0.15, 0.2) is 0 Å². The minimum absolute atomic E-state index is 0.135. The summed E-state index contributed by atoms with van der Waals surface area (Å²) in [5.41, 5.74) is 0.595. The highest BCUT2D eigenvalue weighted by atomic mass is 16.5. The number of carbonyl (C=O) groups excluding carboxylic acids is 1.